The second-order valence-corrected chi connectivity index (χ2v) is 5.81. The van der Waals surface area contributed by atoms with Gasteiger partial charge in [-0.1, -0.05) is 6.92 Å². The Labute approximate surface area is 111 Å². The third-order valence-corrected chi connectivity index (χ3v) is 3.91. The van der Waals surface area contributed by atoms with E-state index < -0.39 is 0 Å². The predicted octanol–water partition coefficient (Wildman–Crippen LogP) is 1.49. The fourth-order valence-corrected chi connectivity index (χ4v) is 2.90. The normalized spacial score (nSPS) is 19.7. The van der Waals surface area contributed by atoms with E-state index in [-0.39, 0.29) is 5.91 Å². The van der Waals surface area contributed by atoms with E-state index in [2.05, 4.69) is 22.4 Å². The zero-order chi connectivity index (χ0) is 13.0. The zero-order valence-corrected chi connectivity index (χ0v) is 11.5. The number of thioether (sulfide) groups is 1. The van der Waals surface area contributed by atoms with Gasteiger partial charge in [0.15, 0.2) is 5.69 Å². The maximum Gasteiger partial charge on any atom is 0.274 e. The van der Waals surface area contributed by atoms with Gasteiger partial charge in [-0.15, -0.1) is 10.2 Å². The number of carbonyl (C=O) groups excluding carboxylic acids is 1. The van der Waals surface area contributed by atoms with Crippen molar-refractivity contribution in [3.8, 4) is 0 Å². The third-order valence-electron chi connectivity index (χ3n) is 2.77. The van der Waals surface area contributed by atoms with Crippen molar-refractivity contribution >= 4 is 23.5 Å². The Morgan fingerprint density at radius 2 is 2.39 bits per heavy atom. The summed E-state index contributed by atoms with van der Waals surface area (Å²) < 4.78 is 0. The van der Waals surface area contributed by atoms with Crippen LogP contribution >= 0.6 is 11.8 Å². The molecule has 0 spiro atoms. The highest BCUT2D eigenvalue weighted by Crippen LogP contribution is 2.19. The predicted molar refractivity (Wildman–Crippen MR) is 74.0 cm³/mol. The molecule has 1 saturated heterocycles. The number of hydrogen-bond donors (Lipinski definition) is 1. The number of nitrogens with zero attached hydrogens (tertiary/aromatic N) is 3. The molecule has 6 heteroatoms. The number of aromatic nitrogens is 2. The van der Waals surface area contributed by atoms with Gasteiger partial charge in [-0.25, -0.2) is 0 Å². The van der Waals surface area contributed by atoms with Crippen LogP contribution in [0.1, 0.15) is 24.3 Å². The van der Waals surface area contributed by atoms with Crippen LogP contribution in [0.25, 0.3) is 0 Å². The molecule has 1 aromatic rings. The maximum absolute atomic E-state index is 12.2. The second kappa shape index (κ2) is 6.04. The summed E-state index contributed by atoms with van der Waals surface area (Å²) in [5.41, 5.74) is 0.427. The molecule has 0 aromatic carbocycles. The zero-order valence-electron chi connectivity index (χ0n) is 10.7. The summed E-state index contributed by atoms with van der Waals surface area (Å²) in [7, 11) is 0. The first-order valence-corrected chi connectivity index (χ1v) is 7.24. The summed E-state index contributed by atoms with van der Waals surface area (Å²) in [6.45, 7) is 6.52. The Hall–Kier alpha value is -1.30. The lowest BCUT2D eigenvalue weighted by Gasteiger charge is -2.30. The topological polar surface area (TPSA) is 58.1 Å². The minimum Gasteiger partial charge on any atom is -0.369 e. The van der Waals surface area contributed by atoms with Crippen LogP contribution in [0.15, 0.2) is 12.1 Å². The van der Waals surface area contributed by atoms with Crippen LogP contribution in [0.4, 0.5) is 5.82 Å². The molecule has 1 unspecified atom stereocenters. The van der Waals surface area contributed by atoms with Crippen LogP contribution in [-0.2, 0) is 0 Å². The van der Waals surface area contributed by atoms with Gasteiger partial charge in [-0.3, -0.25) is 4.79 Å². The molecular formula is C12H18N4OS. The van der Waals surface area contributed by atoms with Gasteiger partial charge >= 0.3 is 0 Å². The molecule has 0 bridgehead atoms. The number of carbonyl (C=O) groups is 1. The van der Waals surface area contributed by atoms with E-state index in [4.69, 9.17) is 0 Å². The summed E-state index contributed by atoms with van der Waals surface area (Å²) in [5.74, 6) is 1.69. The van der Waals surface area contributed by atoms with Gasteiger partial charge in [-0.2, -0.15) is 11.8 Å². The van der Waals surface area contributed by atoms with Crippen LogP contribution < -0.4 is 5.32 Å². The highest BCUT2D eigenvalue weighted by atomic mass is 32.2. The van der Waals surface area contributed by atoms with Crippen LogP contribution in [0, 0.1) is 0 Å². The third kappa shape index (κ3) is 3.13. The van der Waals surface area contributed by atoms with Gasteiger partial charge in [-0.05, 0) is 19.1 Å². The van der Waals surface area contributed by atoms with Crippen LogP contribution in [0.3, 0.4) is 0 Å². The monoisotopic (exact) mass is 266 g/mol. The first kappa shape index (κ1) is 13.1. The van der Waals surface area contributed by atoms with Crippen molar-refractivity contribution in [1.82, 2.24) is 15.1 Å². The molecule has 18 heavy (non-hydrogen) atoms. The summed E-state index contributed by atoms with van der Waals surface area (Å²) in [4.78, 5) is 14.1. The molecule has 1 amide bonds. The fourth-order valence-electron chi connectivity index (χ4n) is 1.89. The van der Waals surface area contributed by atoms with Crippen LogP contribution in [0.2, 0.25) is 0 Å². The number of nitrogens with one attached hydrogen (secondary N) is 1. The molecule has 2 rings (SSSR count). The van der Waals surface area contributed by atoms with Gasteiger partial charge in [0.05, 0.1) is 0 Å². The molecule has 0 radical (unpaired) electrons. The second-order valence-electron chi connectivity index (χ2n) is 4.27. The van der Waals surface area contributed by atoms with Crippen molar-refractivity contribution in [2.24, 2.45) is 0 Å². The summed E-state index contributed by atoms with van der Waals surface area (Å²) in [6, 6.07) is 3.53. The van der Waals surface area contributed by atoms with Gasteiger partial charge in [0.25, 0.3) is 5.91 Å². The maximum atomic E-state index is 12.2. The minimum absolute atomic E-state index is 0.0160. The first-order valence-electron chi connectivity index (χ1n) is 6.19. The molecule has 1 atom stereocenters. The van der Waals surface area contributed by atoms with Crippen molar-refractivity contribution in [2.75, 3.05) is 30.7 Å². The van der Waals surface area contributed by atoms with Crippen molar-refractivity contribution < 1.29 is 4.79 Å². The lowest BCUT2D eigenvalue weighted by Crippen LogP contribution is -2.41. The molecule has 1 N–H and O–H groups in total. The van der Waals surface area contributed by atoms with Gasteiger partial charge < -0.3 is 10.2 Å². The number of hydrogen-bond acceptors (Lipinski definition) is 5. The summed E-state index contributed by atoms with van der Waals surface area (Å²) in [6.07, 6.45) is 0. The van der Waals surface area contributed by atoms with E-state index in [1.165, 1.54) is 0 Å². The van der Waals surface area contributed by atoms with Crippen molar-refractivity contribution in [1.29, 1.82) is 0 Å². The molecule has 1 aromatic heterocycles. The summed E-state index contributed by atoms with van der Waals surface area (Å²) >= 11 is 1.90. The molecule has 98 valence electrons. The Morgan fingerprint density at radius 3 is 3.00 bits per heavy atom. The Bertz CT molecular complexity index is 409. The van der Waals surface area contributed by atoms with E-state index in [1.807, 2.05) is 23.6 Å². The quantitative estimate of drug-likeness (QED) is 0.898. The molecule has 1 aliphatic rings. The molecule has 1 fully saturated rings. The van der Waals surface area contributed by atoms with Gasteiger partial charge in [0.2, 0.25) is 0 Å². The fraction of sp³-hybridized carbons (Fsp3) is 0.583. The van der Waals surface area contributed by atoms with Crippen molar-refractivity contribution in [2.45, 2.75) is 19.1 Å². The van der Waals surface area contributed by atoms with Gasteiger partial charge in [0, 0.05) is 30.6 Å². The van der Waals surface area contributed by atoms with Gasteiger partial charge in [0.1, 0.15) is 5.82 Å². The lowest BCUT2D eigenvalue weighted by atomic mass is 10.3. The van der Waals surface area contributed by atoms with Crippen molar-refractivity contribution in [3.05, 3.63) is 17.8 Å². The highest BCUT2D eigenvalue weighted by Gasteiger charge is 2.23. The molecule has 0 aliphatic carbocycles. The van der Waals surface area contributed by atoms with E-state index in [1.54, 1.807) is 12.1 Å². The largest absolute Gasteiger partial charge is 0.369 e. The Kier molecular flexibility index (Phi) is 4.41. The van der Waals surface area contributed by atoms with E-state index in [9.17, 15) is 4.79 Å². The SMILES string of the molecule is CCNc1ccc(C(=O)N2CCSC(C)C2)nn1. The van der Waals surface area contributed by atoms with E-state index in [0.717, 1.165) is 25.4 Å². The average Bonchev–Trinajstić information content (AvgIpc) is 2.39. The molecular weight excluding hydrogens is 248 g/mol. The first-order chi connectivity index (χ1) is 8.70. The van der Waals surface area contributed by atoms with E-state index >= 15 is 0 Å². The number of rotatable bonds is 3. The molecule has 1 aliphatic heterocycles. The molecule has 2 heterocycles. The molecule has 0 saturated carbocycles. The Balaban J connectivity index is 2.03. The smallest absolute Gasteiger partial charge is 0.274 e. The Morgan fingerprint density at radius 1 is 1.56 bits per heavy atom. The summed E-state index contributed by atoms with van der Waals surface area (Å²) in [5, 5.41) is 11.5. The standard InChI is InChI=1S/C12H18N4OS/c1-3-13-11-5-4-10(14-15-11)12(17)16-6-7-18-9(2)8-16/h4-5,9H,3,6-8H2,1-2H3,(H,13,15). The van der Waals surface area contributed by atoms with Crippen molar-refractivity contribution in [3.63, 3.8) is 0 Å². The van der Waals surface area contributed by atoms with E-state index in [0.29, 0.717) is 16.8 Å². The number of amides is 1. The van der Waals surface area contributed by atoms with Crippen LogP contribution in [0.5, 0.6) is 0 Å². The van der Waals surface area contributed by atoms with Crippen LogP contribution in [-0.4, -0.2) is 51.6 Å². The lowest BCUT2D eigenvalue weighted by molar-refractivity contribution is 0.0756. The average molecular weight is 266 g/mol. The molecule has 5 nitrogen and oxygen atoms in total. The number of anilines is 1. The highest BCUT2D eigenvalue weighted by molar-refractivity contribution is 7.99. The minimum atomic E-state index is -0.0160.